The lowest BCUT2D eigenvalue weighted by molar-refractivity contribution is -0.149. The van der Waals surface area contributed by atoms with E-state index in [1.165, 1.54) is 32.1 Å². The zero-order chi connectivity index (χ0) is 24.1. The first-order chi connectivity index (χ1) is 15.5. The summed E-state index contributed by atoms with van der Waals surface area (Å²) in [6.07, 6.45) is 16.6. The SMILES string of the molecule is CC(=O)O[C@H]1CC[C@@]2(C)C(=CC(C)C3C2CC[C@]2(C)[C@@H]3CC[C@H]2C(C)/C=C/C(C)C(C)C)C1. The molecule has 0 aromatic carbocycles. The van der Waals surface area contributed by atoms with Gasteiger partial charge < -0.3 is 4.74 Å². The Labute approximate surface area is 204 Å². The molecule has 0 spiro atoms. The van der Waals surface area contributed by atoms with E-state index < -0.39 is 0 Å². The predicted molar refractivity (Wildman–Crippen MR) is 138 cm³/mol. The van der Waals surface area contributed by atoms with Crippen molar-refractivity contribution < 1.29 is 9.53 Å². The van der Waals surface area contributed by atoms with Gasteiger partial charge in [0.2, 0.25) is 0 Å². The number of hydrogen-bond acceptors (Lipinski definition) is 2. The highest BCUT2D eigenvalue weighted by Crippen LogP contribution is 2.68. The van der Waals surface area contributed by atoms with Gasteiger partial charge in [-0.15, -0.1) is 0 Å². The molecule has 4 aliphatic carbocycles. The van der Waals surface area contributed by atoms with Gasteiger partial charge in [0.25, 0.3) is 0 Å². The van der Waals surface area contributed by atoms with E-state index in [-0.39, 0.29) is 12.1 Å². The summed E-state index contributed by atoms with van der Waals surface area (Å²) in [6.45, 7) is 18.8. The second-order valence-corrected chi connectivity index (χ2v) is 13.3. The number of hydrogen-bond donors (Lipinski definition) is 0. The van der Waals surface area contributed by atoms with Crippen molar-refractivity contribution in [2.24, 2.45) is 58.2 Å². The highest BCUT2D eigenvalue weighted by Gasteiger charge is 2.60. The lowest BCUT2D eigenvalue weighted by Crippen LogP contribution is -2.53. The van der Waals surface area contributed by atoms with Gasteiger partial charge in [0.05, 0.1) is 0 Å². The summed E-state index contributed by atoms with van der Waals surface area (Å²) < 4.78 is 5.65. The van der Waals surface area contributed by atoms with E-state index >= 15 is 0 Å². The maximum atomic E-state index is 11.6. The summed E-state index contributed by atoms with van der Waals surface area (Å²) in [4.78, 5) is 11.6. The molecule has 33 heavy (non-hydrogen) atoms. The van der Waals surface area contributed by atoms with Crippen LogP contribution in [-0.4, -0.2) is 12.1 Å². The maximum Gasteiger partial charge on any atom is 0.302 e. The molecule has 3 saturated carbocycles. The van der Waals surface area contributed by atoms with Crippen LogP contribution in [0.15, 0.2) is 23.8 Å². The zero-order valence-corrected chi connectivity index (χ0v) is 22.7. The first kappa shape index (κ1) is 25.1. The lowest BCUT2D eigenvalue weighted by atomic mass is 9.45. The van der Waals surface area contributed by atoms with E-state index in [9.17, 15) is 4.79 Å². The molecule has 2 heteroatoms. The second kappa shape index (κ2) is 9.19. The Morgan fingerprint density at radius 3 is 2.42 bits per heavy atom. The van der Waals surface area contributed by atoms with Crippen molar-refractivity contribution in [3.05, 3.63) is 23.8 Å². The molecule has 0 bridgehead atoms. The molecular weight excluding hydrogens is 404 g/mol. The van der Waals surface area contributed by atoms with E-state index in [1.54, 1.807) is 12.5 Å². The summed E-state index contributed by atoms with van der Waals surface area (Å²) in [7, 11) is 0. The Morgan fingerprint density at radius 1 is 1.03 bits per heavy atom. The van der Waals surface area contributed by atoms with Gasteiger partial charge in [-0.2, -0.15) is 0 Å². The monoisotopic (exact) mass is 454 g/mol. The Bertz CT molecular complexity index is 793. The van der Waals surface area contributed by atoms with E-state index in [0.29, 0.717) is 28.6 Å². The molecule has 4 aliphatic rings. The topological polar surface area (TPSA) is 26.3 Å². The normalized spacial score (nSPS) is 44.6. The van der Waals surface area contributed by atoms with Crippen LogP contribution >= 0.6 is 0 Å². The number of ether oxygens (including phenoxy) is 1. The van der Waals surface area contributed by atoms with Crippen LogP contribution in [0.3, 0.4) is 0 Å². The van der Waals surface area contributed by atoms with Crippen molar-refractivity contribution in [2.45, 2.75) is 106 Å². The summed E-state index contributed by atoms with van der Waals surface area (Å²) in [5.74, 6) is 5.88. The number of fused-ring (bicyclic) bond motifs is 5. The number of carbonyl (C=O) groups excluding carboxylic acids is 1. The standard InChI is InChI=1S/C31H50O2/c1-19(2)20(3)9-10-21(4)26-11-12-27-29-22(5)17-24-18-25(33-23(6)32)13-15-30(24,7)28(29)14-16-31(26,27)8/h9-10,17,19-22,25-29H,11-16,18H2,1-8H3/b10-9+/t20?,21?,22?,25-,26-,27+,28?,29?,30-,31-/m0/s1. The summed E-state index contributed by atoms with van der Waals surface area (Å²) in [5.41, 5.74) is 2.40. The largest absolute Gasteiger partial charge is 0.462 e. The van der Waals surface area contributed by atoms with Gasteiger partial charge in [-0.25, -0.2) is 0 Å². The molecule has 10 atom stereocenters. The molecule has 4 rings (SSSR count). The molecule has 0 aromatic heterocycles. The van der Waals surface area contributed by atoms with E-state index in [0.717, 1.165) is 42.4 Å². The number of carbonyl (C=O) groups is 1. The van der Waals surface area contributed by atoms with Gasteiger partial charge in [-0.05, 0) is 96.7 Å². The van der Waals surface area contributed by atoms with E-state index in [4.69, 9.17) is 4.74 Å². The van der Waals surface area contributed by atoms with Gasteiger partial charge in [-0.1, -0.05) is 72.3 Å². The average Bonchev–Trinajstić information content (AvgIpc) is 3.09. The minimum Gasteiger partial charge on any atom is -0.462 e. The molecule has 0 aliphatic heterocycles. The van der Waals surface area contributed by atoms with Gasteiger partial charge >= 0.3 is 5.97 Å². The van der Waals surface area contributed by atoms with Crippen LogP contribution in [-0.2, 0) is 9.53 Å². The van der Waals surface area contributed by atoms with Crippen LogP contribution < -0.4 is 0 Å². The molecule has 5 unspecified atom stereocenters. The van der Waals surface area contributed by atoms with Crippen LogP contribution in [0.2, 0.25) is 0 Å². The highest BCUT2D eigenvalue weighted by atomic mass is 16.5. The Kier molecular flexibility index (Phi) is 6.98. The fraction of sp³-hybridized carbons (Fsp3) is 0.839. The zero-order valence-electron chi connectivity index (χ0n) is 22.7. The quantitative estimate of drug-likeness (QED) is 0.309. The molecule has 0 saturated heterocycles. The van der Waals surface area contributed by atoms with Crippen LogP contribution in [0, 0.1) is 58.2 Å². The van der Waals surface area contributed by atoms with Gasteiger partial charge in [0.15, 0.2) is 0 Å². The van der Waals surface area contributed by atoms with Crippen molar-refractivity contribution in [1.82, 2.24) is 0 Å². The molecule has 0 aromatic rings. The Hall–Kier alpha value is -1.05. The molecule has 2 nitrogen and oxygen atoms in total. The third-order valence-corrected chi connectivity index (χ3v) is 11.2. The van der Waals surface area contributed by atoms with E-state index in [2.05, 4.69) is 66.7 Å². The van der Waals surface area contributed by atoms with Crippen LogP contribution in [0.25, 0.3) is 0 Å². The fourth-order valence-electron chi connectivity index (χ4n) is 8.93. The van der Waals surface area contributed by atoms with Crippen molar-refractivity contribution in [1.29, 1.82) is 0 Å². The summed E-state index contributed by atoms with van der Waals surface area (Å²) >= 11 is 0. The molecule has 0 N–H and O–H groups in total. The van der Waals surface area contributed by atoms with Crippen molar-refractivity contribution >= 4 is 5.97 Å². The maximum absolute atomic E-state index is 11.6. The highest BCUT2D eigenvalue weighted by molar-refractivity contribution is 5.66. The van der Waals surface area contributed by atoms with Gasteiger partial charge in [0, 0.05) is 13.3 Å². The first-order valence-electron chi connectivity index (χ1n) is 14.0. The summed E-state index contributed by atoms with van der Waals surface area (Å²) in [6, 6.07) is 0. The average molecular weight is 455 g/mol. The predicted octanol–water partition coefficient (Wildman–Crippen LogP) is 8.23. The van der Waals surface area contributed by atoms with E-state index in [1.807, 2.05) is 0 Å². The smallest absolute Gasteiger partial charge is 0.302 e. The van der Waals surface area contributed by atoms with Crippen LogP contribution in [0.5, 0.6) is 0 Å². The van der Waals surface area contributed by atoms with Crippen molar-refractivity contribution in [2.75, 3.05) is 0 Å². The van der Waals surface area contributed by atoms with Crippen molar-refractivity contribution in [3.8, 4) is 0 Å². The minimum absolute atomic E-state index is 0.0937. The molecule has 0 radical (unpaired) electrons. The van der Waals surface area contributed by atoms with Gasteiger partial charge in [-0.3, -0.25) is 4.79 Å². The van der Waals surface area contributed by atoms with Gasteiger partial charge in [0.1, 0.15) is 6.10 Å². The minimum atomic E-state index is -0.123. The fourth-order valence-corrected chi connectivity index (χ4v) is 8.93. The summed E-state index contributed by atoms with van der Waals surface area (Å²) in [5, 5.41) is 0. The van der Waals surface area contributed by atoms with Crippen LogP contribution in [0.4, 0.5) is 0 Å². The third kappa shape index (κ3) is 4.38. The molecule has 0 amide bonds. The number of rotatable bonds is 5. The number of allylic oxidation sites excluding steroid dienone is 3. The second-order valence-electron chi connectivity index (χ2n) is 13.3. The first-order valence-corrected chi connectivity index (χ1v) is 14.0. The lowest BCUT2D eigenvalue weighted by Gasteiger charge is -2.60. The molecule has 186 valence electrons. The van der Waals surface area contributed by atoms with Crippen LogP contribution in [0.1, 0.15) is 100 Å². The molecular formula is C31H50O2. The number of esters is 1. The third-order valence-electron chi connectivity index (χ3n) is 11.2. The molecule has 3 fully saturated rings. The Balaban J connectivity index is 1.55. The Morgan fingerprint density at radius 2 is 1.76 bits per heavy atom. The van der Waals surface area contributed by atoms with Crippen molar-refractivity contribution in [3.63, 3.8) is 0 Å². The molecule has 0 heterocycles.